The molecule has 0 amide bonds. The van der Waals surface area contributed by atoms with Gasteiger partial charge in [0.15, 0.2) is 0 Å². The van der Waals surface area contributed by atoms with Gasteiger partial charge in [0.2, 0.25) is 0 Å². The van der Waals surface area contributed by atoms with Crippen LogP contribution in [0, 0.1) is 0 Å². The van der Waals surface area contributed by atoms with Crippen LogP contribution in [0.5, 0.6) is 0 Å². The average Bonchev–Trinajstić information content (AvgIpc) is 2.66. The quantitative estimate of drug-likeness (QED) is 0.891. The Morgan fingerprint density at radius 2 is 2.12 bits per heavy atom. The van der Waals surface area contributed by atoms with Crippen LogP contribution >= 0.6 is 11.3 Å². The Balaban J connectivity index is 3.16. The molecule has 5 nitrogen and oxygen atoms in total. The van der Waals surface area contributed by atoms with Crippen molar-refractivity contribution in [3.63, 3.8) is 0 Å². The maximum absolute atomic E-state index is 12.2. The van der Waals surface area contributed by atoms with Gasteiger partial charge in [-0.3, -0.25) is 0 Å². The lowest BCUT2D eigenvalue weighted by molar-refractivity contribution is 0.0697. The van der Waals surface area contributed by atoms with Crippen molar-refractivity contribution in [2.45, 2.75) is 31.0 Å². The predicted molar refractivity (Wildman–Crippen MR) is 66.0 cm³/mol. The Bertz CT molecular complexity index is 504. The molecule has 1 N–H and O–H groups in total. The van der Waals surface area contributed by atoms with Crippen LogP contribution in [-0.2, 0) is 10.0 Å². The number of rotatable bonds is 5. The molecule has 0 aromatic carbocycles. The molecule has 0 atom stereocenters. The number of carbonyl (C=O) groups is 1. The summed E-state index contributed by atoms with van der Waals surface area (Å²) in [7, 11) is -3.57. The molecule has 0 spiro atoms. The minimum absolute atomic E-state index is 0.00776. The second-order valence-electron chi connectivity index (χ2n) is 3.76. The molecule has 0 aliphatic carbocycles. The lowest BCUT2D eigenvalue weighted by Crippen LogP contribution is -2.36. The summed E-state index contributed by atoms with van der Waals surface area (Å²) < 4.78 is 25.8. The second-order valence-corrected chi connectivity index (χ2v) is 6.79. The fourth-order valence-corrected chi connectivity index (χ4v) is 4.42. The number of nitrogens with zero attached hydrogens (tertiary/aromatic N) is 1. The Kier molecular flexibility index (Phi) is 4.29. The van der Waals surface area contributed by atoms with Gasteiger partial charge in [-0.25, -0.2) is 13.2 Å². The van der Waals surface area contributed by atoms with Crippen molar-refractivity contribution in [2.75, 3.05) is 6.54 Å². The molecular formula is C10H15NO4S2. The van der Waals surface area contributed by atoms with Crippen molar-refractivity contribution in [3.05, 3.63) is 17.0 Å². The summed E-state index contributed by atoms with van der Waals surface area (Å²) >= 11 is 0.935. The van der Waals surface area contributed by atoms with E-state index in [1.165, 1.54) is 15.8 Å². The van der Waals surface area contributed by atoms with Gasteiger partial charge in [0, 0.05) is 18.0 Å². The highest BCUT2D eigenvalue weighted by atomic mass is 32.2. The number of aromatic carboxylic acids is 1. The number of hydrogen-bond donors (Lipinski definition) is 1. The fourth-order valence-electron chi connectivity index (χ4n) is 1.49. The fraction of sp³-hybridized carbons (Fsp3) is 0.500. The summed E-state index contributed by atoms with van der Waals surface area (Å²) in [4.78, 5) is 10.7. The summed E-state index contributed by atoms with van der Waals surface area (Å²) in [6.07, 6.45) is 0. The van der Waals surface area contributed by atoms with Gasteiger partial charge in [-0.1, -0.05) is 6.92 Å². The Labute approximate surface area is 105 Å². The van der Waals surface area contributed by atoms with Gasteiger partial charge in [-0.05, 0) is 19.9 Å². The van der Waals surface area contributed by atoms with Crippen molar-refractivity contribution >= 4 is 27.3 Å². The van der Waals surface area contributed by atoms with Gasteiger partial charge < -0.3 is 5.11 Å². The Morgan fingerprint density at radius 1 is 1.53 bits per heavy atom. The summed E-state index contributed by atoms with van der Waals surface area (Å²) in [5.74, 6) is -1.12. The Hall–Kier alpha value is -0.920. The van der Waals surface area contributed by atoms with E-state index in [0.717, 1.165) is 11.3 Å². The van der Waals surface area contributed by atoms with E-state index >= 15 is 0 Å². The van der Waals surface area contributed by atoms with Crippen LogP contribution in [0.3, 0.4) is 0 Å². The maximum Gasteiger partial charge on any atom is 0.336 e. The molecule has 0 fully saturated rings. The van der Waals surface area contributed by atoms with E-state index in [9.17, 15) is 13.2 Å². The molecule has 0 saturated carbocycles. The monoisotopic (exact) mass is 277 g/mol. The zero-order valence-electron chi connectivity index (χ0n) is 9.87. The third kappa shape index (κ3) is 2.85. The highest BCUT2D eigenvalue weighted by Gasteiger charge is 2.27. The predicted octanol–water partition coefficient (Wildman–Crippen LogP) is 1.87. The number of hydrogen-bond acceptors (Lipinski definition) is 4. The van der Waals surface area contributed by atoms with E-state index in [1.54, 1.807) is 20.8 Å². The second kappa shape index (κ2) is 5.16. The molecular weight excluding hydrogens is 262 g/mol. The SMILES string of the molecule is CCN(C(C)C)S(=O)(=O)c1cc(C(=O)O)cs1. The average molecular weight is 277 g/mol. The third-order valence-corrected chi connectivity index (χ3v) is 5.84. The van der Waals surface area contributed by atoms with E-state index in [-0.39, 0.29) is 15.8 Å². The number of thiophene rings is 1. The van der Waals surface area contributed by atoms with Crippen LogP contribution < -0.4 is 0 Å². The largest absolute Gasteiger partial charge is 0.478 e. The number of carboxylic acid groups (broad SMARTS) is 1. The molecule has 1 aromatic heterocycles. The van der Waals surface area contributed by atoms with Crippen molar-refractivity contribution in [1.82, 2.24) is 4.31 Å². The zero-order valence-corrected chi connectivity index (χ0v) is 11.5. The molecule has 0 aliphatic rings. The zero-order chi connectivity index (χ0) is 13.2. The molecule has 1 heterocycles. The molecule has 0 saturated heterocycles. The minimum atomic E-state index is -3.57. The van der Waals surface area contributed by atoms with E-state index in [2.05, 4.69) is 0 Å². The smallest absolute Gasteiger partial charge is 0.336 e. The van der Waals surface area contributed by atoms with Crippen molar-refractivity contribution in [3.8, 4) is 0 Å². The molecule has 0 unspecified atom stereocenters. The molecule has 1 rings (SSSR count). The molecule has 7 heteroatoms. The van der Waals surface area contributed by atoms with Crippen LogP contribution in [0.2, 0.25) is 0 Å². The van der Waals surface area contributed by atoms with Crippen LogP contribution in [0.4, 0.5) is 0 Å². The molecule has 96 valence electrons. The highest BCUT2D eigenvalue weighted by molar-refractivity contribution is 7.91. The highest BCUT2D eigenvalue weighted by Crippen LogP contribution is 2.25. The lowest BCUT2D eigenvalue weighted by Gasteiger charge is -2.23. The first-order valence-electron chi connectivity index (χ1n) is 5.14. The van der Waals surface area contributed by atoms with Crippen LogP contribution in [0.15, 0.2) is 15.7 Å². The van der Waals surface area contributed by atoms with Crippen LogP contribution in [0.25, 0.3) is 0 Å². The summed E-state index contributed by atoms with van der Waals surface area (Å²) in [5, 5.41) is 10.1. The van der Waals surface area contributed by atoms with E-state index in [1.807, 2.05) is 0 Å². The summed E-state index contributed by atoms with van der Waals surface area (Å²) in [5.41, 5.74) is 0.00776. The van der Waals surface area contributed by atoms with Gasteiger partial charge in [-0.2, -0.15) is 4.31 Å². The number of carboxylic acids is 1. The first kappa shape index (κ1) is 14.1. The van der Waals surface area contributed by atoms with Crippen LogP contribution in [-0.4, -0.2) is 36.4 Å². The molecule has 1 aromatic rings. The summed E-state index contributed by atoms with van der Waals surface area (Å²) in [6, 6.07) is 1.05. The Morgan fingerprint density at radius 3 is 2.47 bits per heavy atom. The molecule has 0 bridgehead atoms. The van der Waals surface area contributed by atoms with Gasteiger partial charge in [0.1, 0.15) is 4.21 Å². The third-order valence-electron chi connectivity index (χ3n) is 2.27. The molecule has 17 heavy (non-hydrogen) atoms. The molecule has 0 aliphatic heterocycles. The topological polar surface area (TPSA) is 74.7 Å². The van der Waals surface area contributed by atoms with Crippen LogP contribution in [0.1, 0.15) is 31.1 Å². The normalized spacial score (nSPS) is 12.3. The van der Waals surface area contributed by atoms with Crippen molar-refractivity contribution in [1.29, 1.82) is 0 Å². The van der Waals surface area contributed by atoms with Gasteiger partial charge in [0.25, 0.3) is 10.0 Å². The first-order chi connectivity index (χ1) is 7.80. The van der Waals surface area contributed by atoms with Gasteiger partial charge in [0.05, 0.1) is 5.56 Å². The summed E-state index contributed by atoms with van der Waals surface area (Å²) in [6.45, 7) is 5.68. The van der Waals surface area contributed by atoms with Crippen molar-refractivity contribution < 1.29 is 18.3 Å². The minimum Gasteiger partial charge on any atom is -0.478 e. The van der Waals surface area contributed by atoms with E-state index in [4.69, 9.17) is 5.11 Å². The number of sulfonamides is 1. The standard InChI is InChI=1S/C10H15NO4S2/c1-4-11(7(2)3)17(14,15)9-5-8(6-16-9)10(12)13/h5-7H,4H2,1-3H3,(H,12,13). The van der Waals surface area contributed by atoms with Crippen molar-refractivity contribution in [2.24, 2.45) is 0 Å². The van der Waals surface area contributed by atoms with Gasteiger partial charge >= 0.3 is 5.97 Å². The van der Waals surface area contributed by atoms with Gasteiger partial charge in [-0.15, -0.1) is 11.3 Å². The first-order valence-corrected chi connectivity index (χ1v) is 7.46. The van der Waals surface area contributed by atoms with E-state index < -0.39 is 16.0 Å². The van der Waals surface area contributed by atoms with E-state index in [0.29, 0.717) is 6.54 Å². The lowest BCUT2D eigenvalue weighted by atomic mass is 10.4. The maximum atomic E-state index is 12.2. The molecule has 0 radical (unpaired) electrons.